The van der Waals surface area contributed by atoms with E-state index in [-0.39, 0.29) is 0 Å². The molecule has 58 heavy (non-hydrogen) atoms. The van der Waals surface area contributed by atoms with E-state index in [2.05, 4.69) is 140 Å². The Labute approximate surface area is 337 Å². The van der Waals surface area contributed by atoms with Crippen molar-refractivity contribution < 1.29 is 4.42 Å². The highest BCUT2D eigenvalue weighted by atomic mass is 32.1. The number of furan rings is 1. The van der Waals surface area contributed by atoms with Crippen molar-refractivity contribution in [3.63, 3.8) is 0 Å². The Morgan fingerprint density at radius 3 is 1.79 bits per heavy atom. The summed E-state index contributed by atoms with van der Waals surface area (Å²) in [6.07, 6.45) is 0. The second-order valence-corrected chi connectivity index (χ2v) is 15.8. The van der Waals surface area contributed by atoms with Gasteiger partial charge in [-0.2, -0.15) is 0 Å². The molecule has 0 saturated heterocycles. The molecule has 0 amide bonds. The summed E-state index contributed by atoms with van der Waals surface area (Å²) in [5.74, 6) is 0.656. The summed E-state index contributed by atoms with van der Waals surface area (Å²) < 4.78 is 8.84. The third-order valence-corrected chi connectivity index (χ3v) is 12.4. The van der Waals surface area contributed by atoms with Crippen molar-refractivity contribution in [3.8, 4) is 56.3 Å². The van der Waals surface area contributed by atoms with E-state index in [1.54, 1.807) is 0 Å². The smallest absolute Gasteiger partial charge is 0.161 e. The SMILES string of the molecule is c1ccc(-c2cc(-c3ccc(-c4cccc5c4nc(-c4ccccc4)c4ccc6sc7ccccc7c6c45)cc3)nc(-c3cccc4oc5ccccc5c34)n2)cc1. The summed E-state index contributed by atoms with van der Waals surface area (Å²) in [5, 5.41) is 8.21. The maximum atomic E-state index is 6.26. The van der Waals surface area contributed by atoms with Crippen LogP contribution in [0, 0.1) is 0 Å². The quantitative estimate of drug-likeness (QED) is 0.164. The van der Waals surface area contributed by atoms with E-state index in [4.69, 9.17) is 19.4 Å². The Bertz CT molecular complexity index is 3550. The largest absolute Gasteiger partial charge is 0.456 e. The summed E-state index contributed by atoms with van der Waals surface area (Å²) in [4.78, 5) is 15.9. The van der Waals surface area contributed by atoms with Crippen molar-refractivity contribution in [2.75, 3.05) is 0 Å². The van der Waals surface area contributed by atoms with E-state index < -0.39 is 0 Å². The molecular weight excluding hydrogens is 727 g/mol. The fraction of sp³-hybridized carbons (Fsp3) is 0. The zero-order chi connectivity index (χ0) is 38.2. The Balaban J connectivity index is 1.05. The zero-order valence-corrected chi connectivity index (χ0v) is 31.9. The van der Waals surface area contributed by atoms with Gasteiger partial charge in [0.15, 0.2) is 5.82 Å². The fourth-order valence-electron chi connectivity index (χ4n) is 8.63. The molecule has 4 heterocycles. The van der Waals surface area contributed by atoms with Gasteiger partial charge in [-0.05, 0) is 35.9 Å². The van der Waals surface area contributed by atoms with Crippen molar-refractivity contribution in [2.24, 2.45) is 0 Å². The van der Waals surface area contributed by atoms with Crippen molar-refractivity contribution in [2.45, 2.75) is 0 Å². The number of benzene rings is 8. The molecule has 12 aromatic rings. The van der Waals surface area contributed by atoms with Crippen LogP contribution in [-0.4, -0.2) is 15.0 Å². The lowest BCUT2D eigenvalue weighted by atomic mass is 9.93. The summed E-state index contributed by atoms with van der Waals surface area (Å²) in [7, 11) is 0. The normalized spacial score (nSPS) is 11.8. The van der Waals surface area contributed by atoms with Crippen LogP contribution in [0.15, 0.2) is 192 Å². The Morgan fingerprint density at radius 1 is 0.362 bits per heavy atom. The van der Waals surface area contributed by atoms with Crippen molar-refractivity contribution >= 4 is 75.1 Å². The number of para-hydroxylation sites is 2. The highest BCUT2D eigenvalue weighted by molar-refractivity contribution is 7.26. The standard InChI is InChI=1S/C53H31N3OS/c1-3-13-33(14-4-1)42-31-43(55-53(54-42)41-21-12-23-45-48(41)37-17-7-9-22-44(37)57-45)34-27-25-32(26-28-34)36-19-11-20-39-49-40(51(56-52(36)39)35-15-5-2-6-16-35)29-30-47-50(49)38-18-8-10-24-46(38)58-47/h1-31H. The molecule has 8 aromatic carbocycles. The molecular formula is C53H31N3OS. The predicted octanol–water partition coefficient (Wildman–Crippen LogP) is 14.8. The average Bonchev–Trinajstić information content (AvgIpc) is 3.88. The lowest BCUT2D eigenvalue weighted by Crippen LogP contribution is -1.96. The van der Waals surface area contributed by atoms with Gasteiger partial charge in [-0.15, -0.1) is 11.3 Å². The lowest BCUT2D eigenvalue weighted by Gasteiger charge is -2.15. The molecule has 0 bridgehead atoms. The molecule has 0 N–H and O–H groups in total. The van der Waals surface area contributed by atoms with Crippen LogP contribution in [0.1, 0.15) is 0 Å². The van der Waals surface area contributed by atoms with Crippen LogP contribution in [0.2, 0.25) is 0 Å². The lowest BCUT2D eigenvalue weighted by molar-refractivity contribution is 0.669. The molecule has 0 unspecified atom stereocenters. The van der Waals surface area contributed by atoms with Gasteiger partial charge in [0.05, 0.1) is 22.6 Å². The first-order chi connectivity index (χ1) is 28.7. The summed E-state index contributed by atoms with van der Waals surface area (Å²) >= 11 is 1.85. The van der Waals surface area contributed by atoms with Crippen LogP contribution in [0.4, 0.5) is 0 Å². The van der Waals surface area contributed by atoms with Gasteiger partial charge in [0, 0.05) is 74.9 Å². The van der Waals surface area contributed by atoms with E-state index in [1.807, 2.05) is 59.9 Å². The summed E-state index contributed by atoms with van der Waals surface area (Å²) in [6.45, 7) is 0. The van der Waals surface area contributed by atoms with Crippen molar-refractivity contribution in [3.05, 3.63) is 188 Å². The minimum Gasteiger partial charge on any atom is -0.456 e. The second kappa shape index (κ2) is 13.1. The van der Waals surface area contributed by atoms with Gasteiger partial charge in [0.2, 0.25) is 0 Å². The first kappa shape index (κ1) is 32.7. The molecule has 12 rings (SSSR count). The average molecular weight is 758 g/mol. The Kier molecular flexibility index (Phi) is 7.37. The van der Waals surface area contributed by atoms with Gasteiger partial charge in [-0.3, -0.25) is 0 Å². The zero-order valence-electron chi connectivity index (χ0n) is 31.1. The molecule has 0 fully saturated rings. The summed E-state index contributed by atoms with van der Waals surface area (Å²) in [6, 6.07) is 65.9. The first-order valence-corrected chi connectivity index (χ1v) is 20.2. The molecule has 4 aromatic heterocycles. The predicted molar refractivity (Wildman–Crippen MR) is 242 cm³/mol. The molecule has 270 valence electrons. The maximum absolute atomic E-state index is 6.26. The molecule has 5 heteroatoms. The van der Waals surface area contributed by atoms with E-state index in [9.17, 15) is 0 Å². The van der Waals surface area contributed by atoms with E-state index in [1.165, 1.54) is 25.6 Å². The van der Waals surface area contributed by atoms with Crippen molar-refractivity contribution in [1.82, 2.24) is 15.0 Å². The summed E-state index contributed by atoms with van der Waals surface area (Å²) in [5.41, 5.74) is 11.6. The van der Waals surface area contributed by atoms with Gasteiger partial charge in [-0.25, -0.2) is 15.0 Å². The molecule has 0 radical (unpaired) electrons. The van der Waals surface area contributed by atoms with Gasteiger partial charge >= 0.3 is 0 Å². The third-order valence-electron chi connectivity index (χ3n) is 11.3. The molecule has 4 nitrogen and oxygen atoms in total. The fourth-order valence-corrected chi connectivity index (χ4v) is 9.75. The third kappa shape index (κ3) is 5.18. The Hall–Kier alpha value is -7.47. The molecule has 0 atom stereocenters. The molecule has 0 saturated carbocycles. The van der Waals surface area contributed by atoms with E-state index in [0.29, 0.717) is 5.82 Å². The highest BCUT2D eigenvalue weighted by Gasteiger charge is 2.20. The van der Waals surface area contributed by atoms with Gasteiger partial charge in [0.25, 0.3) is 0 Å². The molecule has 0 aliphatic carbocycles. The first-order valence-electron chi connectivity index (χ1n) is 19.4. The minimum absolute atomic E-state index is 0.656. The number of fused-ring (bicyclic) bond motifs is 10. The highest BCUT2D eigenvalue weighted by Crippen LogP contribution is 2.45. The number of thiophene rings is 1. The van der Waals surface area contributed by atoms with Crippen molar-refractivity contribution in [1.29, 1.82) is 0 Å². The van der Waals surface area contributed by atoms with E-state index >= 15 is 0 Å². The topological polar surface area (TPSA) is 51.8 Å². The van der Waals surface area contributed by atoms with Gasteiger partial charge < -0.3 is 4.42 Å². The van der Waals surface area contributed by atoms with Crippen LogP contribution in [0.3, 0.4) is 0 Å². The van der Waals surface area contributed by atoms with Crippen LogP contribution in [0.5, 0.6) is 0 Å². The maximum Gasteiger partial charge on any atom is 0.161 e. The van der Waals surface area contributed by atoms with Gasteiger partial charge in [0.1, 0.15) is 11.2 Å². The number of hydrogen-bond acceptors (Lipinski definition) is 5. The number of rotatable bonds is 5. The van der Waals surface area contributed by atoms with Crippen LogP contribution < -0.4 is 0 Å². The van der Waals surface area contributed by atoms with Crippen LogP contribution in [0.25, 0.3) is 120 Å². The van der Waals surface area contributed by atoms with E-state index in [0.717, 1.165) is 88.7 Å². The van der Waals surface area contributed by atoms with Crippen LogP contribution >= 0.6 is 11.3 Å². The number of hydrogen-bond donors (Lipinski definition) is 0. The number of pyridine rings is 1. The van der Waals surface area contributed by atoms with Gasteiger partial charge in [-0.1, -0.05) is 158 Å². The minimum atomic E-state index is 0.656. The monoisotopic (exact) mass is 757 g/mol. The molecule has 0 aliphatic rings. The van der Waals surface area contributed by atoms with Crippen LogP contribution in [-0.2, 0) is 0 Å². The Morgan fingerprint density at radius 2 is 0.983 bits per heavy atom. The number of aromatic nitrogens is 3. The molecule has 0 aliphatic heterocycles. The molecule has 0 spiro atoms. The second-order valence-electron chi connectivity index (χ2n) is 14.7. The number of nitrogens with zero attached hydrogens (tertiary/aromatic N) is 3.